The zero-order valence-electron chi connectivity index (χ0n) is 12.4. The van der Waals surface area contributed by atoms with Crippen molar-refractivity contribution in [3.8, 4) is 0 Å². The summed E-state index contributed by atoms with van der Waals surface area (Å²) in [4.78, 5) is 12.2. The lowest BCUT2D eigenvalue weighted by Crippen LogP contribution is -2.12. The molecular formula is C19H15Cl2NO. The summed E-state index contributed by atoms with van der Waals surface area (Å²) in [5, 5.41) is 6.20. The Morgan fingerprint density at radius 3 is 2.61 bits per heavy atom. The average Bonchev–Trinajstić information content (AvgIpc) is 2.56. The molecule has 0 aliphatic heterocycles. The maximum Gasteiger partial charge on any atom is 0.224 e. The number of carbonyl (C=O) groups is 1. The van der Waals surface area contributed by atoms with Crippen LogP contribution in [0.4, 0.5) is 5.69 Å². The molecule has 2 nitrogen and oxygen atoms in total. The third kappa shape index (κ3) is 3.84. The Labute approximate surface area is 145 Å². The average molecular weight is 344 g/mol. The highest BCUT2D eigenvalue weighted by molar-refractivity contribution is 6.35. The highest BCUT2D eigenvalue weighted by Gasteiger charge is 2.08. The Bertz CT molecular complexity index is 856. The molecule has 1 amide bonds. The lowest BCUT2D eigenvalue weighted by Gasteiger charge is -2.09. The zero-order valence-corrected chi connectivity index (χ0v) is 13.9. The summed E-state index contributed by atoms with van der Waals surface area (Å²) in [5.74, 6) is -0.0814. The maximum absolute atomic E-state index is 12.2. The predicted octanol–water partition coefficient (Wildman–Crippen LogP) is 5.72. The van der Waals surface area contributed by atoms with E-state index in [4.69, 9.17) is 23.2 Å². The molecule has 0 aromatic heterocycles. The van der Waals surface area contributed by atoms with Crippen LogP contribution in [0.2, 0.25) is 10.0 Å². The molecule has 0 saturated carbocycles. The van der Waals surface area contributed by atoms with Gasteiger partial charge in [-0.05, 0) is 41.0 Å². The number of hydrogen-bond acceptors (Lipinski definition) is 1. The molecule has 0 aliphatic rings. The third-order valence-corrected chi connectivity index (χ3v) is 4.27. The van der Waals surface area contributed by atoms with Gasteiger partial charge >= 0.3 is 0 Å². The smallest absolute Gasteiger partial charge is 0.224 e. The Balaban J connectivity index is 1.70. The Kier molecular flexibility index (Phi) is 4.85. The molecule has 0 bridgehead atoms. The summed E-state index contributed by atoms with van der Waals surface area (Å²) >= 11 is 12.0. The maximum atomic E-state index is 12.2. The second-order valence-electron chi connectivity index (χ2n) is 5.31. The van der Waals surface area contributed by atoms with Gasteiger partial charge < -0.3 is 5.32 Å². The normalized spacial score (nSPS) is 10.7. The molecular weight excluding hydrogens is 329 g/mol. The van der Waals surface area contributed by atoms with E-state index in [-0.39, 0.29) is 5.91 Å². The fourth-order valence-electron chi connectivity index (χ4n) is 2.56. The van der Waals surface area contributed by atoms with Crippen LogP contribution in [0.25, 0.3) is 10.8 Å². The van der Waals surface area contributed by atoms with E-state index in [2.05, 4.69) is 29.6 Å². The van der Waals surface area contributed by atoms with Crippen LogP contribution < -0.4 is 5.32 Å². The Hall–Kier alpha value is -2.03. The SMILES string of the molecule is O=C(CCc1cccc2ccccc12)Nc1cc(Cl)ccc1Cl. The van der Waals surface area contributed by atoms with Gasteiger partial charge in [-0.15, -0.1) is 0 Å². The van der Waals surface area contributed by atoms with Crippen LogP contribution in [0, 0.1) is 0 Å². The summed E-state index contributed by atoms with van der Waals surface area (Å²) in [6, 6.07) is 19.3. The molecule has 0 unspecified atom stereocenters. The Morgan fingerprint density at radius 2 is 1.74 bits per heavy atom. The van der Waals surface area contributed by atoms with E-state index in [9.17, 15) is 4.79 Å². The van der Waals surface area contributed by atoms with Crippen molar-refractivity contribution in [2.24, 2.45) is 0 Å². The number of amides is 1. The fourth-order valence-corrected chi connectivity index (χ4v) is 2.90. The second-order valence-corrected chi connectivity index (χ2v) is 6.15. The van der Waals surface area contributed by atoms with Gasteiger partial charge in [0.2, 0.25) is 5.91 Å². The first kappa shape index (κ1) is 15.9. The van der Waals surface area contributed by atoms with Crippen LogP contribution in [0.3, 0.4) is 0 Å². The molecule has 3 aromatic carbocycles. The van der Waals surface area contributed by atoms with Crippen molar-refractivity contribution in [3.05, 3.63) is 76.3 Å². The lowest BCUT2D eigenvalue weighted by atomic mass is 10.0. The van der Waals surface area contributed by atoms with E-state index < -0.39 is 0 Å². The van der Waals surface area contributed by atoms with Gasteiger partial charge in [0, 0.05) is 11.4 Å². The summed E-state index contributed by atoms with van der Waals surface area (Å²) in [6.45, 7) is 0. The molecule has 0 atom stereocenters. The Morgan fingerprint density at radius 1 is 0.957 bits per heavy atom. The first-order valence-electron chi connectivity index (χ1n) is 7.35. The van der Waals surface area contributed by atoms with Crippen molar-refractivity contribution in [2.45, 2.75) is 12.8 Å². The minimum absolute atomic E-state index is 0.0814. The standard InChI is InChI=1S/C19H15Cl2NO/c20-15-9-10-17(21)18(12-15)22-19(23)11-8-14-6-3-5-13-4-1-2-7-16(13)14/h1-7,9-10,12H,8,11H2,(H,22,23). The van der Waals surface area contributed by atoms with Gasteiger partial charge in [-0.1, -0.05) is 65.7 Å². The van der Waals surface area contributed by atoms with E-state index in [1.54, 1.807) is 18.2 Å². The lowest BCUT2D eigenvalue weighted by molar-refractivity contribution is -0.116. The van der Waals surface area contributed by atoms with E-state index in [1.165, 1.54) is 10.8 Å². The molecule has 23 heavy (non-hydrogen) atoms. The fraction of sp³-hybridized carbons (Fsp3) is 0.105. The van der Waals surface area contributed by atoms with Crippen molar-refractivity contribution >= 4 is 45.6 Å². The topological polar surface area (TPSA) is 29.1 Å². The van der Waals surface area contributed by atoms with E-state index in [1.807, 2.05) is 18.2 Å². The van der Waals surface area contributed by atoms with E-state index >= 15 is 0 Å². The predicted molar refractivity (Wildman–Crippen MR) is 97.4 cm³/mol. The molecule has 1 N–H and O–H groups in total. The van der Waals surface area contributed by atoms with Crippen molar-refractivity contribution < 1.29 is 4.79 Å². The molecule has 116 valence electrons. The van der Waals surface area contributed by atoms with Gasteiger partial charge in [0.1, 0.15) is 0 Å². The molecule has 0 spiro atoms. The molecule has 0 radical (unpaired) electrons. The van der Waals surface area contributed by atoms with Crippen LogP contribution in [-0.4, -0.2) is 5.91 Å². The summed E-state index contributed by atoms with van der Waals surface area (Å²) < 4.78 is 0. The molecule has 0 heterocycles. The first-order valence-corrected chi connectivity index (χ1v) is 8.10. The van der Waals surface area contributed by atoms with Gasteiger partial charge in [0.25, 0.3) is 0 Å². The van der Waals surface area contributed by atoms with Crippen molar-refractivity contribution in [1.29, 1.82) is 0 Å². The number of fused-ring (bicyclic) bond motifs is 1. The number of nitrogens with one attached hydrogen (secondary N) is 1. The number of carbonyl (C=O) groups excluding carboxylic acids is 1. The molecule has 3 aromatic rings. The largest absolute Gasteiger partial charge is 0.325 e. The number of halogens is 2. The van der Waals surface area contributed by atoms with Crippen LogP contribution in [0.5, 0.6) is 0 Å². The number of aryl methyl sites for hydroxylation is 1. The van der Waals surface area contributed by atoms with Gasteiger partial charge in [-0.3, -0.25) is 4.79 Å². The van der Waals surface area contributed by atoms with Gasteiger partial charge in [0.05, 0.1) is 10.7 Å². The van der Waals surface area contributed by atoms with Crippen molar-refractivity contribution in [2.75, 3.05) is 5.32 Å². The monoisotopic (exact) mass is 343 g/mol. The molecule has 4 heteroatoms. The number of rotatable bonds is 4. The third-order valence-electron chi connectivity index (χ3n) is 3.70. The number of hydrogen-bond donors (Lipinski definition) is 1. The van der Waals surface area contributed by atoms with E-state index in [0.29, 0.717) is 28.6 Å². The van der Waals surface area contributed by atoms with Crippen LogP contribution >= 0.6 is 23.2 Å². The quantitative estimate of drug-likeness (QED) is 0.644. The van der Waals surface area contributed by atoms with Crippen LogP contribution in [0.1, 0.15) is 12.0 Å². The summed E-state index contributed by atoms with van der Waals surface area (Å²) in [6.07, 6.45) is 1.06. The molecule has 0 aliphatic carbocycles. The molecule has 0 fully saturated rings. The highest BCUT2D eigenvalue weighted by Crippen LogP contribution is 2.26. The van der Waals surface area contributed by atoms with Gasteiger partial charge in [0.15, 0.2) is 0 Å². The highest BCUT2D eigenvalue weighted by atomic mass is 35.5. The van der Waals surface area contributed by atoms with Crippen LogP contribution in [-0.2, 0) is 11.2 Å². The van der Waals surface area contributed by atoms with Crippen molar-refractivity contribution in [1.82, 2.24) is 0 Å². The van der Waals surface area contributed by atoms with Gasteiger partial charge in [-0.2, -0.15) is 0 Å². The van der Waals surface area contributed by atoms with Gasteiger partial charge in [-0.25, -0.2) is 0 Å². The minimum Gasteiger partial charge on any atom is -0.325 e. The first-order chi connectivity index (χ1) is 11.1. The molecule has 0 saturated heterocycles. The summed E-state index contributed by atoms with van der Waals surface area (Å²) in [5.41, 5.74) is 1.71. The van der Waals surface area contributed by atoms with E-state index in [0.717, 1.165) is 5.56 Å². The van der Waals surface area contributed by atoms with Crippen molar-refractivity contribution in [3.63, 3.8) is 0 Å². The van der Waals surface area contributed by atoms with Crippen LogP contribution in [0.15, 0.2) is 60.7 Å². The zero-order chi connectivity index (χ0) is 16.2. The second kappa shape index (κ2) is 7.03. The minimum atomic E-state index is -0.0814. The summed E-state index contributed by atoms with van der Waals surface area (Å²) in [7, 11) is 0. The number of anilines is 1. The number of benzene rings is 3. The molecule has 3 rings (SSSR count).